The van der Waals surface area contributed by atoms with Crippen LogP contribution in [0.1, 0.15) is 56.6 Å². The molecule has 3 rings (SSSR count). The highest BCUT2D eigenvalue weighted by atomic mass is 16.5. The van der Waals surface area contributed by atoms with Crippen LogP contribution in [-0.2, 0) is 22.5 Å². The van der Waals surface area contributed by atoms with Gasteiger partial charge in [0, 0.05) is 71.4 Å². The van der Waals surface area contributed by atoms with Crippen LogP contribution in [0.4, 0.5) is 4.79 Å². The van der Waals surface area contributed by atoms with Crippen molar-refractivity contribution in [2.75, 3.05) is 47.0 Å². The lowest BCUT2D eigenvalue weighted by Gasteiger charge is -2.35. The van der Waals surface area contributed by atoms with Gasteiger partial charge in [-0.25, -0.2) is 4.79 Å². The van der Waals surface area contributed by atoms with E-state index in [0.29, 0.717) is 32.6 Å². The predicted octanol–water partition coefficient (Wildman–Crippen LogP) is 4.51. The van der Waals surface area contributed by atoms with Gasteiger partial charge in [-0.3, -0.25) is 20.0 Å². The molecule has 1 saturated heterocycles. The SMILES string of the molecule is CCCCN=C(N)NC(=O)CCc1ccc(-c2ccc(CN3CCC(N(C)C(=O)O)CC3)cc2)c(OCCCOC)c1. The Bertz CT molecular complexity index is 1160. The third-order valence-corrected chi connectivity index (χ3v) is 7.58. The summed E-state index contributed by atoms with van der Waals surface area (Å²) in [6, 6.07) is 14.7. The fourth-order valence-electron chi connectivity index (χ4n) is 4.99. The molecule has 0 radical (unpaired) electrons. The second-order valence-corrected chi connectivity index (χ2v) is 10.8. The zero-order valence-corrected chi connectivity index (χ0v) is 25.3. The number of hydrogen-bond acceptors (Lipinski definition) is 6. The van der Waals surface area contributed by atoms with Crippen LogP contribution >= 0.6 is 0 Å². The van der Waals surface area contributed by atoms with E-state index in [0.717, 1.165) is 74.2 Å². The summed E-state index contributed by atoms with van der Waals surface area (Å²) in [6.45, 7) is 6.43. The summed E-state index contributed by atoms with van der Waals surface area (Å²) in [6.07, 6.45) is 4.42. The molecule has 10 heteroatoms. The molecule has 0 saturated carbocycles. The minimum atomic E-state index is -0.863. The Morgan fingerprint density at radius 2 is 1.81 bits per heavy atom. The topological polar surface area (TPSA) is 130 Å². The van der Waals surface area contributed by atoms with Crippen molar-refractivity contribution in [1.29, 1.82) is 0 Å². The molecule has 1 aliphatic rings. The van der Waals surface area contributed by atoms with Crippen LogP contribution in [0.25, 0.3) is 11.1 Å². The predicted molar refractivity (Wildman–Crippen MR) is 166 cm³/mol. The van der Waals surface area contributed by atoms with Crippen molar-refractivity contribution in [3.8, 4) is 16.9 Å². The highest BCUT2D eigenvalue weighted by molar-refractivity contribution is 5.96. The first kappa shape index (κ1) is 32.9. The van der Waals surface area contributed by atoms with Crippen LogP contribution in [0.15, 0.2) is 47.5 Å². The Morgan fingerprint density at radius 1 is 1.10 bits per heavy atom. The number of amides is 2. The Balaban J connectivity index is 1.62. The normalized spacial score (nSPS) is 14.5. The van der Waals surface area contributed by atoms with Crippen molar-refractivity contribution < 1.29 is 24.2 Å². The number of carboxylic acid groups (broad SMARTS) is 1. The number of likely N-dealkylation sites (tertiary alicyclic amines) is 1. The van der Waals surface area contributed by atoms with E-state index in [4.69, 9.17) is 15.2 Å². The van der Waals surface area contributed by atoms with Crippen LogP contribution in [0.2, 0.25) is 0 Å². The van der Waals surface area contributed by atoms with Crippen molar-refractivity contribution in [1.82, 2.24) is 15.1 Å². The van der Waals surface area contributed by atoms with Crippen molar-refractivity contribution in [3.05, 3.63) is 53.6 Å². The fourth-order valence-corrected chi connectivity index (χ4v) is 4.99. The van der Waals surface area contributed by atoms with E-state index < -0.39 is 6.09 Å². The number of hydrogen-bond donors (Lipinski definition) is 3. The summed E-state index contributed by atoms with van der Waals surface area (Å²) in [5, 5.41) is 11.9. The molecule has 10 nitrogen and oxygen atoms in total. The maximum absolute atomic E-state index is 12.4. The van der Waals surface area contributed by atoms with Gasteiger partial charge in [0.2, 0.25) is 5.91 Å². The van der Waals surface area contributed by atoms with Gasteiger partial charge in [-0.1, -0.05) is 49.7 Å². The molecule has 1 aliphatic heterocycles. The number of methoxy groups -OCH3 is 1. The summed E-state index contributed by atoms with van der Waals surface area (Å²) < 4.78 is 11.4. The van der Waals surface area contributed by atoms with E-state index in [-0.39, 0.29) is 17.9 Å². The zero-order chi connectivity index (χ0) is 30.3. The van der Waals surface area contributed by atoms with Crippen molar-refractivity contribution in [2.24, 2.45) is 10.7 Å². The van der Waals surface area contributed by atoms with Crippen LogP contribution in [0, 0.1) is 0 Å². The maximum Gasteiger partial charge on any atom is 0.407 e. The molecule has 2 aromatic carbocycles. The average molecular weight is 582 g/mol. The highest BCUT2D eigenvalue weighted by Gasteiger charge is 2.25. The second kappa shape index (κ2) is 17.4. The molecule has 0 aliphatic carbocycles. The van der Waals surface area contributed by atoms with Gasteiger partial charge < -0.3 is 25.2 Å². The summed E-state index contributed by atoms with van der Waals surface area (Å²) >= 11 is 0. The number of unbranched alkanes of at least 4 members (excludes halogenated alkanes) is 1. The number of nitrogens with zero attached hydrogens (tertiary/aromatic N) is 3. The van der Waals surface area contributed by atoms with Crippen molar-refractivity contribution in [3.63, 3.8) is 0 Å². The number of nitrogens with one attached hydrogen (secondary N) is 1. The van der Waals surface area contributed by atoms with Gasteiger partial charge in [-0.05, 0) is 48.4 Å². The van der Waals surface area contributed by atoms with E-state index >= 15 is 0 Å². The van der Waals surface area contributed by atoms with Crippen LogP contribution in [0.5, 0.6) is 5.75 Å². The van der Waals surface area contributed by atoms with E-state index in [1.807, 2.05) is 12.1 Å². The number of piperidine rings is 1. The Labute approximate surface area is 249 Å². The molecular formula is C32H47N5O5. The molecule has 1 fully saturated rings. The number of rotatable bonds is 15. The molecule has 0 bridgehead atoms. The first-order valence-corrected chi connectivity index (χ1v) is 14.9. The van der Waals surface area contributed by atoms with Gasteiger partial charge in [-0.2, -0.15) is 0 Å². The lowest BCUT2D eigenvalue weighted by Crippen LogP contribution is -2.44. The Morgan fingerprint density at radius 3 is 2.48 bits per heavy atom. The number of ether oxygens (including phenoxy) is 2. The van der Waals surface area contributed by atoms with Gasteiger partial charge in [0.05, 0.1) is 6.61 Å². The number of carbonyl (C=O) groups is 2. The summed E-state index contributed by atoms with van der Waals surface area (Å²) in [5.74, 6) is 0.791. The number of guanidine groups is 1. The number of aryl methyl sites for hydroxylation is 1. The van der Waals surface area contributed by atoms with Gasteiger partial charge >= 0.3 is 6.09 Å². The number of benzene rings is 2. The number of aliphatic imine (C=N–C) groups is 1. The first-order valence-electron chi connectivity index (χ1n) is 14.9. The molecule has 1 heterocycles. The minimum Gasteiger partial charge on any atom is -0.493 e. The van der Waals surface area contributed by atoms with Crippen molar-refractivity contribution >= 4 is 18.0 Å². The molecule has 2 amide bonds. The molecule has 0 aromatic heterocycles. The Hall–Kier alpha value is -3.63. The first-order chi connectivity index (χ1) is 20.3. The molecule has 4 N–H and O–H groups in total. The van der Waals surface area contributed by atoms with Gasteiger partial charge in [0.1, 0.15) is 5.75 Å². The maximum atomic E-state index is 12.4. The lowest BCUT2D eigenvalue weighted by atomic mass is 9.99. The smallest absolute Gasteiger partial charge is 0.407 e. The van der Waals surface area contributed by atoms with Gasteiger partial charge in [0.15, 0.2) is 5.96 Å². The quantitative estimate of drug-likeness (QED) is 0.160. The van der Waals surface area contributed by atoms with Crippen molar-refractivity contribution in [2.45, 2.75) is 64.5 Å². The molecule has 0 atom stereocenters. The largest absolute Gasteiger partial charge is 0.493 e. The molecule has 42 heavy (non-hydrogen) atoms. The summed E-state index contributed by atoms with van der Waals surface area (Å²) in [7, 11) is 3.33. The number of carbonyl (C=O) groups excluding carboxylic acids is 1. The van der Waals surface area contributed by atoms with Crippen LogP contribution < -0.4 is 15.8 Å². The molecular weight excluding hydrogens is 534 g/mol. The molecule has 2 aromatic rings. The third-order valence-electron chi connectivity index (χ3n) is 7.58. The molecule has 230 valence electrons. The monoisotopic (exact) mass is 581 g/mol. The lowest BCUT2D eigenvalue weighted by molar-refractivity contribution is -0.119. The van der Waals surface area contributed by atoms with Crippen LogP contribution in [0.3, 0.4) is 0 Å². The minimum absolute atomic E-state index is 0.0864. The fraction of sp³-hybridized carbons (Fsp3) is 0.531. The van der Waals surface area contributed by atoms with E-state index in [1.54, 1.807) is 14.2 Å². The molecule has 0 unspecified atom stereocenters. The Kier molecular flexibility index (Phi) is 13.6. The highest BCUT2D eigenvalue weighted by Crippen LogP contribution is 2.32. The zero-order valence-electron chi connectivity index (χ0n) is 25.3. The standard InChI is InChI=1S/C32H47N5O5/c1-4-5-17-34-31(33)35-30(38)14-10-24-9-13-28(29(22-24)42-21-6-20-41-3)26-11-7-25(8-12-26)23-37-18-15-27(16-19-37)36(2)32(39)40/h7-9,11-13,22,27H,4-6,10,14-21,23H2,1-3H3,(H,39,40)(H3,33,34,35,38). The van der Waals surface area contributed by atoms with E-state index in [2.05, 4.69) is 52.5 Å². The van der Waals surface area contributed by atoms with Gasteiger partial charge in [0.25, 0.3) is 0 Å². The average Bonchev–Trinajstić information content (AvgIpc) is 2.99. The van der Waals surface area contributed by atoms with Gasteiger partial charge in [-0.15, -0.1) is 0 Å². The van der Waals surface area contributed by atoms with E-state index in [1.165, 1.54) is 10.5 Å². The summed E-state index contributed by atoms with van der Waals surface area (Å²) in [5.41, 5.74) is 10.1. The second-order valence-electron chi connectivity index (χ2n) is 10.8. The third kappa shape index (κ3) is 10.6. The van der Waals surface area contributed by atoms with E-state index in [9.17, 15) is 14.7 Å². The summed E-state index contributed by atoms with van der Waals surface area (Å²) in [4.78, 5) is 31.6. The van der Waals surface area contributed by atoms with Crippen LogP contribution in [-0.4, -0.2) is 85.9 Å². The molecule has 0 spiro atoms. The number of nitrogens with two attached hydrogens (primary N) is 1.